The highest BCUT2D eigenvalue weighted by Crippen LogP contribution is 2.28. The zero-order chi connectivity index (χ0) is 17.4. The van der Waals surface area contributed by atoms with E-state index < -0.39 is 6.10 Å². The Labute approximate surface area is 149 Å². The molecule has 8 nitrogen and oxygen atoms in total. The van der Waals surface area contributed by atoms with Gasteiger partial charge in [0, 0.05) is 19.3 Å². The zero-order valence-electron chi connectivity index (χ0n) is 13.6. The summed E-state index contributed by atoms with van der Waals surface area (Å²) in [5.74, 6) is 0.799. The third-order valence-corrected chi connectivity index (χ3v) is 5.05. The number of aliphatic hydroxyl groups is 1. The van der Waals surface area contributed by atoms with Crippen LogP contribution in [0, 0.1) is 5.92 Å². The van der Waals surface area contributed by atoms with E-state index in [2.05, 4.69) is 15.4 Å². The fourth-order valence-corrected chi connectivity index (χ4v) is 3.80. The second-order valence-corrected chi connectivity index (χ2v) is 7.07. The first-order chi connectivity index (χ1) is 12.1. The van der Waals surface area contributed by atoms with Gasteiger partial charge in [-0.05, 0) is 18.8 Å². The molecule has 1 aliphatic carbocycles. The average Bonchev–Trinajstić information content (AvgIpc) is 3.27. The van der Waals surface area contributed by atoms with Crippen molar-refractivity contribution in [3.8, 4) is 0 Å². The summed E-state index contributed by atoms with van der Waals surface area (Å²) >= 11 is 5.88. The van der Waals surface area contributed by atoms with E-state index in [1.807, 2.05) is 4.57 Å². The van der Waals surface area contributed by atoms with Crippen molar-refractivity contribution in [3.63, 3.8) is 0 Å². The van der Waals surface area contributed by atoms with Gasteiger partial charge < -0.3 is 19.7 Å². The molecule has 0 saturated heterocycles. The van der Waals surface area contributed by atoms with Gasteiger partial charge in [0.05, 0.1) is 36.2 Å². The Morgan fingerprint density at radius 1 is 1.44 bits per heavy atom. The molecule has 134 valence electrons. The summed E-state index contributed by atoms with van der Waals surface area (Å²) in [6.07, 6.45) is 5.70. The SMILES string of the molecule is O=C(N[C@@H]1CC(Cn2cc(Cl)cn2)C[C@H]1O)c1cnc2n1CCOC2. The number of amides is 1. The molecule has 4 rings (SSSR count). The van der Waals surface area contributed by atoms with Crippen molar-refractivity contribution in [2.45, 2.75) is 44.7 Å². The molecule has 1 fully saturated rings. The van der Waals surface area contributed by atoms with Gasteiger partial charge in [0.1, 0.15) is 18.1 Å². The molecule has 9 heteroatoms. The van der Waals surface area contributed by atoms with Crippen molar-refractivity contribution in [3.05, 3.63) is 35.1 Å². The third-order valence-electron chi connectivity index (χ3n) is 4.85. The highest BCUT2D eigenvalue weighted by molar-refractivity contribution is 6.30. The second-order valence-electron chi connectivity index (χ2n) is 6.63. The largest absolute Gasteiger partial charge is 0.391 e. The van der Waals surface area contributed by atoms with E-state index >= 15 is 0 Å². The molecular weight excluding hydrogens is 346 g/mol. The number of fused-ring (bicyclic) bond motifs is 1. The van der Waals surface area contributed by atoms with Crippen molar-refractivity contribution in [2.75, 3.05) is 6.61 Å². The van der Waals surface area contributed by atoms with Crippen LogP contribution in [0.2, 0.25) is 5.02 Å². The summed E-state index contributed by atoms with van der Waals surface area (Å²) in [5, 5.41) is 18.0. The first kappa shape index (κ1) is 16.6. The van der Waals surface area contributed by atoms with Crippen LogP contribution in [0.15, 0.2) is 18.6 Å². The van der Waals surface area contributed by atoms with Crippen LogP contribution in [0.4, 0.5) is 0 Å². The van der Waals surface area contributed by atoms with Crippen molar-refractivity contribution in [1.29, 1.82) is 0 Å². The van der Waals surface area contributed by atoms with E-state index in [0.29, 0.717) is 49.9 Å². The van der Waals surface area contributed by atoms with E-state index in [4.69, 9.17) is 16.3 Å². The van der Waals surface area contributed by atoms with Crippen LogP contribution in [-0.2, 0) is 24.4 Å². The minimum Gasteiger partial charge on any atom is -0.391 e. The maximum Gasteiger partial charge on any atom is 0.269 e. The second kappa shape index (κ2) is 6.78. The van der Waals surface area contributed by atoms with E-state index in [9.17, 15) is 9.90 Å². The summed E-state index contributed by atoms with van der Waals surface area (Å²) < 4.78 is 8.99. The number of imidazole rings is 1. The zero-order valence-corrected chi connectivity index (χ0v) is 14.4. The van der Waals surface area contributed by atoms with Gasteiger partial charge in [-0.3, -0.25) is 9.48 Å². The Bertz CT molecular complexity index is 774. The van der Waals surface area contributed by atoms with Crippen LogP contribution in [0.5, 0.6) is 0 Å². The molecule has 0 bridgehead atoms. The Kier molecular flexibility index (Phi) is 4.49. The number of hydrogen-bond acceptors (Lipinski definition) is 5. The molecule has 0 spiro atoms. The van der Waals surface area contributed by atoms with E-state index in [-0.39, 0.29) is 17.9 Å². The topological polar surface area (TPSA) is 94.2 Å². The molecule has 1 aliphatic heterocycles. The number of aromatic nitrogens is 4. The quantitative estimate of drug-likeness (QED) is 0.837. The van der Waals surface area contributed by atoms with Crippen LogP contribution in [0.3, 0.4) is 0 Å². The van der Waals surface area contributed by atoms with Gasteiger partial charge in [0.25, 0.3) is 5.91 Å². The molecule has 1 saturated carbocycles. The van der Waals surface area contributed by atoms with Gasteiger partial charge in [0.2, 0.25) is 0 Å². The molecule has 0 aromatic carbocycles. The van der Waals surface area contributed by atoms with Crippen LogP contribution >= 0.6 is 11.6 Å². The first-order valence-corrected chi connectivity index (χ1v) is 8.77. The average molecular weight is 366 g/mol. The Morgan fingerprint density at radius 2 is 2.32 bits per heavy atom. The molecular formula is C16H20ClN5O3. The van der Waals surface area contributed by atoms with E-state index in [1.165, 1.54) is 0 Å². The van der Waals surface area contributed by atoms with Crippen LogP contribution in [0.25, 0.3) is 0 Å². The van der Waals surface area contributed by atoms with Crippen LogP contribution in [-0.4, -0.2) is 49.1 Å². The Balaban J connectivity index is 1.39. The molecule has 1 amide bonds. The fraction of sp³-hybridized carbons (Fsp3) is 0.562. The molecule has 3 atom stereocenters. The number of nitrogens with zero attached hydrogens (tertiary/aromatic N) is 4. The summed E-state index contributed by atoms with van der Waals surface area (Å²) in [6, 6.07) is -0.269. The molecule has 2 aromatic rings. The minimum atomic E-state index is -0.563. The van der Waals surface area contributed by atoms with Crippen molar-refractivity contribution in [2.24, 2.45) is 5.92 Å². The lowest BCUT2D eigenvalue weighted by Gasteiger charge is -2.19. The Hall–Kier alpha value is -1.90. The van der Waals surface area contributed by atoms with Gasteiger partial charge in [-0.25, -0.2) is 4.98 Å². The highest BCUT2D eigenvalue weighted by Gasteiger charge is 2.35. The van der Waals surface area contributed by atoms with Crippen LogP contribution in [0.1, 0.15) is 29.2 Å². The lowest BCUT2D eigenvalue weighted by Crippen LogP contribution is -2.41. The molecule has 1 unspecified atom stereocenters. The van der Waals surface area contributed by atoms with Gasteiger partial charge >= 0.3 is 0 Å². The molecule has 2 aliphatic rings. The van der Waals surface area contributed by atoms with E-state index in [1.54, 1.807) is 23.3 Å². The molecule has 2 aromatic heterocycles. The summed E-state index contributed by atoms with van der Waals surface area (Å²) in [5.41, 5.74) is 0.521. The number of hydrogen-bond donors (Lipinski definition) is 2. The standard InChI is InChI=1S/C16H20ClN5O3/c17-11-5-19-21(8-11)7-10-3-12(14(23)4-10)20-16(24)13-6-18-15-9-25-2-1-22(13)15/h5-6,8,10,12,14,23H,1-4,7,9H2,(H,20,24)/t10?,12-,14-/m1/s1. The number of carbonyl (C=O) groups is 1. The van der Waals surface area contributed by atoms with Crippen molar-refractivity contribution in [1.82, 2.24) is 24.6 Å². The molecule has 3 heterocycles. The number of halogens is 1. The summed E-state index contributed by atoms with van der Waals surface area (Å²) in [7, 11) is 0. The lowest BCUT2D eigenvalue weighted by atomic mass is 10.1. The maximum atomic E-state index is 12.6. The third kappa shape index (κ3) is 3.42. The van der Waals surface area contributed by atoms with Gasteiger partial charge in [-0.2, -0.15) is 5.10 Å². The highest BCUT2D eigenvalue weighted by atomic mass is 35.5. The number of nitrogens with one attached hydrogen (secondary N) is 1. The van der Waals surface area contributed by atoms with Crippen molar-refractivity contribution >= 4 is 17.5 Å². The fourth-order valence-electron chi connectivity index (χ4n) is 3.65. The summed E-state index contributed by atoms with van der Waals surface area (Å²) in [4.78, 5) is 16.8. The van der Waals surface area contributed by atoms with Crippen molar-refractivity contribution < 1.29 is 14.6 Å². The molecule has 2 N–H and O–H groups in total. The molecule has 0 radical (unpaired) electrons. The van der Waals surface area contributed by atoms with E-state index in [0.717, 1.165) is 5.82 Å². The normalized spacial score (nSPS) is 25.8. The summed E-state index contributed by atoms with van der Waals surface area (Å²) in [6.45, 7) is 2.29. The lowest BCUT2D eigenvalue weighted by molar-refractivity contribution is 0.0758. The predicted molar refractivity (Wildman–Crippen MR) is 89.1 cm³/mol. The number of rotatable bonds is 4. The number of carbonyl (C=O) groups excluding carboxylic acids is 1. The number of aliphatic hydroxyl groups excluding tert-OH is 1. The number of ether oxygens (including phenoxy) is 1. The van der Waals surface area contributed by atoms with Gasteiger partial charge in [-0.1, -0.05) is 11.6 Å². The molecule has 25 heavy (non-hydrogen) atoms. The van der Waals surface area contributed by atoms with Gasteiger partial charge in [-0.15, -0.1) is 0 Å². The smallest absolute Gasteiger partial charge is 0.269 e. The maximum absolute atomic E-state index is 12.6. The van der Waals surface area contributed by atoms with Gasteiger partial charge in [0.15, 0.2) is 0 Å². The Morgan fingerprint density at radius 3 is 3.12 bits per heavy atom. The monoisotopic (exact) mass is 365 g/mol. The first-order valence-electron chi connectivity index (χ1n) is 8.39. The van der Waals surface area contributed by atoms with Crippen LogP contribution < -0.4 is 5.32 Å². The predicted octanol–water partition coefficient (Wildman–Crippen LogP) is 0.833. The minimum absolute atomic E-state index is 0.201.